The Morgan fingerprint density at radius 3 is 3.06 bits per heavy atom. The number of nitrogens with zero attached hydrogens (tertiary/aromatic N) is 1. The number of aromatic nitrogens is 1. The molecule has 1 fully saturated rings. The van der Waals surface area contributed by atoms with E-state index in [0.717, 1.165) is 18.5 Å². The van der Waals surface area contributed by atoms with E-state index in [0.29, 0.717) is 16.9 Å². The molecule has 0 amide bonds. The molecule has 0 aliphatic heterocycles. The Labute approximate surface area is 103 Å². The Bertz CT molecular complexity index is 613. The lowest BCUT2D eigenvalue weighted by Gasteiger charge is -1.97. The van der Waals surface area contributed by atoms with Gasteiger partial charge < -0.3 is 14.3 Å². The number of hydrogen-bond donors (Lipinski definition) is 1. The van der Waals surface area contributed by atoms with Crippen LogP contribution < -0.4 is 0 Å². The lowest BCUT2D eigenvalue weighted by atomic mass is 10.2. The number of hydrogen-bond acceptors (Lipinski definition) is 5. The monoisotopic (exact) mass is 247 g/mol. The van der Waals surface area contributed by atoms with E-state index in [9.17, 15) is 9.90 Å². The smallest absolute Gasteiger partial charge is 0.378 e. The molecule has 1 saturated carbocycles. The minimum Gasteiger partial charge on any atom is -0.504 e. The zero-order chi connectivity index (χ0) is 12.7. The Morgan fingerprint density at radius 2 is 2.39 bits per heavy atom. The van der Waals surface area contributed by atoms with Crippen molar-refractivity contribution >= 4 is 16.9 Å². The van der Waals surface area contributed by atoms with Crippen LogP contribution in [0.25, 0.3) is 11.0 Å². The van der Waals surface area contributed by atoms with Crippen LogP contribution in [0.15, 0.2) is 16.7 Å². The molecule has 2 aromatic heterocycles. The molecule has 5 heteroatoms. The van der Waals surface area contributed by atoms with E-state index < -0.39 is 5.97 Å². The maximum absolute atomic E-state index is 11.6. The fourth-order valence-corrected chi connectivity index (χ4v) is 2.01. The molecule has 0 atom stereocenters. The molecule has 18 heavy (non-hydrogen) atoms. The summed E-state index contributed by atoms with van der Waals surface area (Å²) in [5.74, 6) is -0.559. The predicted molar refractivity (Wildman–Crippen MR) is 63.6 cm³/mol. The van der Waals surface area contributed by atoms with Gasteiger partial charge in [-0.3, -0.25) is 4.98 Å². The molecule has 3 rings (SSSR count). The Kier molecular flexibility index (Phi) is 2.47. The Morgan fingerprint density at radius 1 is 1.61 bits per heavy atom. The lowest BCUT2D eigenvalue weighted by Crippen LogP contribution is -2.03. The fraction of sp³-hybridized carbons (Fsp3) is 0.385. The third-order valence-corrected chi connectivity index (χ3v) is 3.03. The number of rotatable bonds is 3. The van der Waals surface area contributed by atoms with Gasteiger partial charge in [-0.2, -0.15) is 0 Å². The molecule has 2 heterocycles. The summed E-state index contributed by atoms with van der Waals surface area (Å²) in [6.07, 6.45) is 3.77. The van der Waals surface area contributed by atoms with E-state index in [1.165, 1.54) is 0 Å². The van der Waals surface area contributed by atoms with E-state index in [4.69, 9.17) is 9.15 Å². The zero-order valence-electron chi connectivity index (χ0n) is 9.97. The molecule has 0 bridgehead atoms. The molecule has 2 aromatic rings. The van der Waals surface area contributed by atoms with Gasteiger partial charge in [-0.1, -0.05) is 0 Å². The van der Waals surface area contributed by atoms with Gasteiger partial charge in [0.15, 0.2) is 11.3 Å². The van der Waals surface area contributed by atoms with E-state index in [-0.39, 0.29) is 18.1 Å². The van der Waals surface area contributed by atoms with Gasteiger partial charge >= 0.3 is 5.97 Å². The maximum Gasteiger partial charge on any atom is 0.378 e. The third-order valence-electron chi connectivity index (χ3n) is 3.03. The van der Waals surface area contributed by atoms with E-state index in [2.05, 4.69) is 4.98 Å². The lowest BCUT2D eigenvalue weighted by molar-refractivity contribution is 0.0488. The van der Waals surface area contributed by atoms with Gasteiger partial charge in [0, 0.05) is 12.1 Å². The second-order valence-corrected chi connectivity index (χ2v) is 4.35. The molecule has 1 N–H and O–H groups in total. The van der Waals surface area contributed by atoms with Crippen molar-refractivity contribution in [3.8, 4) is 5.75 Å². The normalized spacial score (nSPS) is 14.9. The zero-order valence-corrected chi connectivity index (χ0v) is 9.97. The molecular weight excluding hydrogens is 234 g/mol. The standard InChI is InChI=1S/C13H13NO4/c1-2-17-13(16)12-10(15)8-5-6-14-9(7-3-4-7)11(8)18-12/h5-7,15H,2-4H2,1H3. The number of aromatic hydroxyl groups is 1. The van der Waals surface area contributed by atoms with Crippen LogP contribution in [-0.4, -0.2) is 22.7 Å². The van der Waals surface area contributed by atoms with Crippen molar-refractivity contribution in [1.29, 1.82) is 0 Å². The minimum atomic E-state index is -0.645. The SMILES string of the molecule is CCOC(=O)c1oc2c(C3CC3)nccc2c1O. The van der Waals surface area contributed by atoms with Crippen LogP contribution in [0.5, 0.6) is 5.75 Å². The van der Waals surface area contributed by atoms with Crippen LogP contribution in [-0.2, 0) is 4.74 Å². The van der Waals surface area contributed by atoms with Gasteiger partial charge in [-0.05, 0) is 25.8 Å². The van der Waals surface area contributed by atoms with Crippen molar-refractivity contribution < 1.29 is 19.1 Å². The average Bonchev–Trinajstić information content (AvgIpc) is 3.14. The molecular formula is C13H13NO4. The summed E-state index contributed by atoms with van der Waals surface area (Å²) >= 11 is 0. The Balaban J connectivity index is 2.14. The van der Waals surface area contributed by atoms with Gasteiger partial charge in [0.2, 0.25) is 0 Å². The van der Waals surface area contributed by atoms with Gasteiger partial charge in [-0.15, -0.1) is 0 Å². The first kappa shape index (κ1) is 11.1. The molecule has 1 aliphatic rings. The number of esters is 1. The summed E-state index contributed by atoms with van der Waals surface area (Å²) in [4.78, 5) is 15.9. The fourth-order valence-electron chi connectivity index (χ4n) is 2.01. The predicted octanol–water partition coefficient (Wildman–Crippen LogP) is 2.59. The van der Waals surface area contributed by atoms with Crippen molar-refractivity contribution in [2.45, 2.75) is 25.7 Å². The van der Waals surface area contributed by atoms with Crippen LogP contribution in [0, 0.1) is 0 Å². The van der Waals surface area contributed by atoms with E-state index in [1.54, 1.807) is 19.2 Å². The number of carbonyl (C=O) groups is 1. The molecule has 0 radical (unpaired) electrons. The molecule has 0 aromatic carbocycles. The average molecular weight is 247 g/mol. The maximum atomic E-state index is 11.6. The van der Waals surface area contributed by atoms with Gasteiger partial charge in [0.25, 0.3) is 5.76 Å². The minimum absolute atomic E-state index is 0.137. The van der Waals surface area contributed by atoms with Crippen molar-refractivity contribution in [2.24, 2.45) is 0 Å². The molecule has 0 unspecified atom stereocenters. The third kappa shape index (κ3) is 1.63. The summed E-state index contributed by atoms with van der Waals surface area (Å²) in [5, 5.41) is 10.5. The molecule has 5 nitrogen and oxygen atoms in total. The number of furan rings is 1. The number of fused-ring (bicyclic) bond motifs is 1. The highest BCUT2D eigenvalue weighted by molar-refractivity contribution is 5.99. The second kappa shape index (κ2) is 4.01. The van der Waals surface area contributed by atoms with Gasteiger partial charge in [0.05, 0.1) is 17.7 Å². The van der Waals surface area contributed by atoms with Crippen LogP contribution in [0.3, 0.4) is 0 Å². The quantitative estimate of drug-likeness (QED) is 0.844. The van der Waals surface area contributed by atoms with Crippen LogP contribution >= 0.6 is 0 Å². The highest BCUT2D eigenvalue weighted by Crippen LogP contribution is 2.44. The van der Waals surface area contributed by atoms with Crippen LogP contribution in [0.4, 0.5) is 0 Å². The first-order chi connectivity index (χ1) is 8.72. The topological polar surface area (TPSA) is 72.6 Å². The summed E-state index contributed by atoms with van der Waals surface area (Å²) in [6, 6.07) is 1.64. The molecule has 94 valence electrons. The van der Waals surface area contributed by atoms with Gasteiger partial charge in [-0.25, -0.2) is 4.79 Å². The number of pyridine rings is 1. The molecule has 0 saturated heterocycles. The van der Waals surface area contributed by atoms with E-state index in [1.807, 2.05) is 0 Å². The first-order valence-corrected chi connectivity index (χ1v) is 5.99. The highest BCUT2D eigenvalue weighted by Gasteiger charge is 2.31. The molecule has 0 spiro atoms. The Hall–Kier alpha value is -2.04. The van der Waals surface area contributed by atoms with Gasteiger partial charge in [0.1, 0.15) is 0 Å². The van der Waals surface area contributed by atoms with Crippen molar-refractivity contribution in [1.82, 2.24) is 4.98 Å². The van der Waals surface area contributed by atoms with Crippen LogP contribution in [0.2, 0.25) is 0 Å². The summed E-state index contributed by atoms with van der Waals surface area (Å²) in [7, 11) is 0. The van der Waals surface area contributed by atoms with Crippen molar-refractivity contribution in [3.05, 3.63) is 23.7 Å². The van der Waals surface area contributed by atoms with Crippen molar-refractivity contribution in [2.75, 3.05) is 6.61 Å². The summed E-state index contributed by atoms with van der Waals surface area (Å²) in [5.41, 5.74) is 1.32. The van der Waals surface area contributed by atoms with E-state index >= 15 is 0 Å². The van der Waals surface area contributed by atoms with Crippen LogP contribution in [0.1, 0.15) is 41.9 Å². The number of ether oxygens (including phenoxy) is 1. The molecule has 1 aliphatic carbocycles. The summed E-state index contributed by atoms with van der Waals surface area (Å²) < 4.78 is 10.3. The largest absolute Gasteiger partial charge is 0.504 e. The highest BCUT2D eigenvalue weighted by atomic mass is 16.5. The summed E-state index contributed by atoms with van der Waals surface area (Å²) in [6.45, 7) is 1.94. The van der Waals surface area contributed by atoms with Crippen molar-refractivity contribution in [3.63, 3.8) is 0 Å². The second-order valence-electron chi connectivity index (χ2n) is 4.35. The first-order valence-electron chi connectivity index (χ1n) is 5.99. The number of carbonyl (C=O) groups excluding carboxylic acids is 1.